The average Bonchev–Trinajstić information content (AvgIpc) is 2.34. The second kappa shape index (κ2) is 7.06. The molecule has 0 heterocycles. The SMILES string of the molecule is NC(=O)CCCCNCC(F)(F)c1ccccc1. The first-order valence-corrected chi connectivity index (χ1v) is 5.95. The van der Waals surface area contributed by atoms with E-state index in [9.17, 15) is 13.6 Å². The van der Waals surface area contributed by atoms with E-state index in [1.807, 2.05) is 0 Å². The molecular weight excluding hydrogens is 238 g/mol. The van der Waals surface area contributed by atoms with Crippen molar-refractivity contribution in [1.82, 2.24) is 5.32 Å². The number of hydrogen-bond acceptors (Lipinski definition) is 2. The number of nitrogens with two attached hydrogens (primary N) is 1. The van der Waals surface area contributed by atoms with Gasteiger partial charge in [0.15, 0.2) is 0 Å². The summed E-state index contributed by atoms with van der Waals surface area (Å²) in [6.45, 7) is 0.0588. The summed E-state index contributed by atoms with van der Waals surface area (Å²) in [6, 6.07) is 7.71. The summed E-state index contributed by atoms with van der Waals surface area (Å²) in [4.78, 5) is 10.5. The molecule has 0 radical (unpaired) electrons. The Labute approximate surface area is 105 Å². The fourth-order valence-corrected chi connectivity index (χ4v) is 1.58. The number of carbonyl (C=O) groups excluding carboxylic acids is 1. The second-order valence-electron chi connectivity index (χ2n) is 4.17. The van der Waals surface area contributed by atoms with Crippen LogP contribution in [0.2, 0.25) is 0 Å². The highest BCUT2D eigenvalue weighted by Crippen LogP contribution is 2.26. The lowest BCUT2D eigenvalue weighted by Crippen LogP contribution is -2.31. The summed E-state index contributed by atoms with van der Waals surface area (Å²) in [5, 5.41) is 2.70. The maximum atomic E-state index is 13.7. The summed E-state index contributed by atoms with van der Waals surface area (Å²) >= 11 is 0. The number of primary amides is 1. The van der Waals surface area contributed by atoms with Gasteiger partial charge in [-0.25, -0.2) is 0 Å². The Hall–Kier alpha value is -1.49. The van der Waals surface area contributed by atoms with Crippen LogP contribution in [-0.2, 0) is 10.7 Å². The van der Waals surface area contributed by atoms with Crippen molar-refractivity contribution >= 4 is 5.91 Å². The molecule has 0 spiro atoms. The lowest BCUT2D eigenvalue weighted by atomic mass is 10.1. The molecule has 0 atom stereocenters. The molecule has 100 valence electrons. The van der Waals surface area contributed by atoms with Gasteiger partial charge in [-0.2, -0.15) is 8.78 Å². The molecule has 0 aliphatic carbocycles. The van der Waals surface area contributed by atoms with E-state index in [1.54, 1.807) is 18.2 Å². The predicted octanol–water partition coefficient (Wildman–Crippen LogP) is 2.02. The first-order valence-electron chi connectivity index (χ1n) is 5.95. The van der Waals surface area contributed by atoms with Crippen molar-refractivity contribution in [2.45, 2.75) is 25.2 Å². The lowest BCUT2D eigenvalue weighted by Gasteiger charge is -2.17. The van der Waals surface area contributed by atoms with Gasteiger partial charge in [0.05, 0.1) is 6.54 Å². The van der Waals surface area contributed by atoms with Crippen LogP contribution in [0.25, 0.3) is 0 Å². The minimum Gasteiger partial charge on any atom is -0.370 e. The van der Waals surface area contributed by atoms with Gasteiger partial charge in [-0.15, -0.1) is 0 Å². The molecule has 0 unspecified atom stereocenters. The molecule has 0 saturated carbocycles. The van der Waals surface area contributed by atoms with Gasteiger partial charge in [-0.3, -0.25) is 4.79 Å². The number of rotatable bonds is 8. The number of halogens is 2. The molecule has 1 aromatic rings. The van der Waals surface area contributed by atoms with Crippen molar-refractivity contribution in [2.75, 3.05) is 13.1 Å². The van der Waals surface area contributed by atoms with Crippen LogP contribution in [0.5, 0.6) is 0 Å². The van der Waals surface area contributed by atoms with Crippen LogP contribution in [0.3, 0.4) is 0 Å². The Morgan fingerprint density at radius 1 is 1.22 bits per heavy atom. The van der Waals surface area contributed by atoms with Crippen LogP contribution in [0.1, 0.15) is 24.8 Å². The van der Waals surface area contributed by atoms with Gasteiger partial charge >= 0.3 is 0 Å². The maximum Gasteiger partial charge on any atom is 0.285 e. The highest BCUT2D eigenvalue weighted by molar-refractivity contribution is 5.73. The van der Waals surface area contributed by atoms with E-state index >= 15 is 0 Å². The van der Waals surface area contributed by atoms with E-state index in [2.05, 4.69) is 5.32 Å². The summed E-state index contributed by atoms with van der Waals surface area (Å²) in [5.41, 5.74) is 4.98. The van der Waals surface area contributed by atoms with E-state index in [4.69, 9.17) is 5.73 Å². The van der Waals surface area contributed by atoms with Gasteiger partial charge in [0, 0.05) is 12.0 Å². The Bertz CT molecular complexity index is 369. The van der Waals surface area contributed by atoms with Crippen LogP contribution in [-0.4, -0.2) is 19.0 Å². The second-order valence-corrected chi connectivity index (χ2v) is 4.17. The highest BCUT2D eigenvalue weighted by atomic mass is 19.3. The molecule has 1 rings (SSSR count). The third kappa shape index (κ3) is 5.23. The zero-order valence-electron chi connectivity index (χ0n) is 10.2. The summed E-state index contributed by atoms with van der Waals surface area (Å²) in [7, 11) is 0. The quantitative estimate of drug-likeness (QED) is 0.699. The molecule has 0 saturated heterocycles. The zero-order chi connectivity index (χ0) is 13.4. The lowest BCUT2D eigenvalue weighted by molar-refractivity contribution is -0.118. The summed E-state index contributed by atoms with van der Waals surface area (Å²) in [5.74, 6) is -3.23. The summed E-state index contributed by atoms with van der Waals surface area (Å²) in [6.07, 6.45) is 1.59. The fourth-order valence-electron chi connectivity index (χ4n) is 1.58. The van der Waals surface area contributed by atoms with Gasteiger partial charge in [0.25, 0.3) is 5.92 Å². The smallest absolute Gasteiger partial charge is 0.285 e. The standard InChI is InChI=1S/C13H18F2N2O/c14-13(15,11-6-2-1-3-7-11)10-17-9-5-4-8-12(16)18/h1-3,6-7,17H,4-5,8-10H2,(H2,16,18). The Kier molecular flexibility index (Phi) is 5.71. The monoisotopic (exact) mass is 256 g/mol. The fraction of sp³-hybridized carbons (Fsp3) is 0.462. The van der Waals surface area contributed by atoms with Gasteiger partial charge in [0.1, 0.15) is 0 Å². The van der Waals surface area contributed by atoms with Crippen molar-refractivity contribution < 1.29 is 13.6 Å². The minimum atomic E-state index is -2.87. The van der Waals surface area contributed by atoms with Gasteiger partial charge in [-0.05, 0) is 19.4 Å². The number of carbonyl (C=O) groups is 1. The van der Waals surface area contributed by atoms with Gasteiger partial charge in [-0.1, -0.05) is 30.3 Å². The average molecular weight is 256 g/mol. The van der Waals surface area contributed by atoms with Gasteiger partial charge in [0.2, 0.25) is 5.91 Å². The van der Waals surface area contributed by atoms with Crippen molar-refractivity contribution in [2.24, 2.45) is 5.73 Å². The van der Waals surface area contributed by atoms with Crippen molar-refractivity contribution in [3.05, 3.63) is 35.9 Å². The van der Waals surface area contributed by atoms with E-state index < -0.39 is 12.5 Å². The topological polar surface area (TPSA) is 55.1 Å². The predicted molar refractivity (Wildman–Crippen MR) is 66.3 cm³/mol. The third-order valence-electron chi connectivity index (χ3n) is 2.57. The van der Waals surface area contributed by atoms with E-state index in [1.165, 1.54) is 12.1 Å². The molecule has 1 amide bonds. The molecule has 0 bridgehead atoms. The molecule has 0 aliphatic heterocycles. The first kappa shape index (κ1) is 14.6. The van der Waals surface area contributed by atoms with Crippen LogP contribution < -0.4 is 11.1 Å². The molecular formula is C13H18F2N2O. The van der Waals surface area contributed by atoms with E-state index in [0.717, 1.165) is 0 Å². The van der Waals surface area contributed by atoms with Crippen LogP contribution in [0.4, 0.5) is 8.78 Å². The molecule has 0 fully saturated rings. The van der Waals surface area contributed by atoms with E-state index in [0.29, 0.717) is 25.8 Å². The Balaban J connectivity index is 2.24. The number of nitrogens with one attached hydrogen (secondary N) is 1. The van der Waals surface area contributed by atoms with Crippen molar-refractivity contribution in [3.63, 3.8) is 0 Å². The van der Waals surface area contributed by atoms with Crippen molar-refractivity contribution in [1.29, 1.82) is 0 Å². The Morgan fingerprint density at radius 2 is 1.89 bits per heavy atom. The number of amides is 1. The normalized spacial score (nSPS) is 11.4. The number of benzene rings is 1. The number of unbranched alkanes of at least 4 members (excludes halogenated alkanes) is 1. The largest absolute Gasteiger partial charge is 0.370 e. The molecule has 1 aromatic carbocycles. The molecule has 3 N–H and O–H groups in total. The first-order chi connectivity index (χ1) is 8.52. The van der Waals surface area contributed by atoms with Gasteiger partial charge < -0.3 is 11.1 Å². The van der Waals surface area contributed by atoms with Crippen LogP contribution in [0, 0.1) is 0 Å². The molecule has 0 aliphatic rings. The highest BCUT2D eigenvalue weighted by Gasteiger charge is 2.30. The summed E-state index contributed by atoms with van der Waals surface area (Å²) < 4.78 is 27.3. The molecule has 5 heteroatoms. The Morgan fingerprint density at radius 3 is 2.50 bits per heavy atom. The van der Waals surface area contributed by atoms with Crippen LogP contribution >= 0.6 is 0 Å². The zero-order valence-corrected chi connectivity index (χ0v) is 10.2. The molecule has 3 nitrogen and oxygen atoms in total. The molecule has 0 aromatic heterocycles. The number of hydrogen-bond donors (Lipinski definition) is 2. The number of alkyl halides is 2. The van der Waals surface area contributed by atoms with E-state index in [-0.39, 0.29) is 11.5 Å². The minimum absolute atomic E-state index is 0.00892. The maximum absolute atomic E-state index is 13.7. The van der Waals surface area contributed by atoms with Crippen LogP contribution in [0.15, 0.2) is 30.3 Å². The molecule has 18 heavy (non-hydrogen) atoms. The third-order valence-corrected chi connectivity index (χ3v) is 2.57. The van der Waals surface area contributed by atoms with Crippen molar-refractivity contribution in [3.8, 4) is 0 Å².